The number of rotatable bonds is 3. The molecular formula is C20H26N2O3. The van der Waals surface area contributed by atoms with Crippen LogP contribution in [0.1, 0.15) is 37.2 Å². The quantitative estimate of drug-likeness (QED) is 0.842. The van der Waals surface area contributed by atoms with Crippen LogP contribution in [0.3, 0.4) is 0 Å². The molecule has 1 saturated heterocycles. The van der Waals surface area contributed by atoms with Gasteiger partial charge in [-0.1, -0.05) is 18.2 Å². The lowest BCUT2D eigenvalue weighted by atomic mass is 9.88. The molecule has 5 nitrogen and oxygen atoms in total. The summed E-state index contributed by atoms with van der Waals surface area (Å²) in [5.74, 6) is 0.217. The van der Waals surface area contributed by atoms with Gasteiger partial charge in [-0.25, -0.2) is 0 Å². The van der Waals surface area contributed by atoms with Crippen molar-refractivity contribution < 1.29 is 14.6 Å². The van der Waals surface area contributed by atoms with E-state index in [1.165, 1.54) is 23.6 Å². The van der Waals surface area contributed by atoms with E-state index >= 15 is 0 Å². The molecule has 3 atom stereocenters. The standard InChI is InChI=1S/C20H26N2O3/c1-25-20(24)14-10-18(19(23)11-14)22-8-6-13(7-9-22)16-12-21-17-5-3-2-4-15(16)17/h2-5,12-14,18-19,21,23H,6-11H2,1H3. The van der Waals surface area contributed by atoms with Gasteiger partial charge in [0.2, 0.25) is 0 Å². The molecule has 134 valence electrons. The van der Waals surface area contributed by atoms with Crippen LogP contribution in [0.5, 0.6) is 0 Å². The second kappa shape index (κ2) is 6.81. The highest BCUT2D eigenvalue weighted by atomic mass is 16.5. The van der Waals surface area contributed by atoms with Crippen molar-refractivity contribution in [3.05, 3.63) is 36.0 Å². The molecule has 5 heteroatoms. The summed E-state index contributed by atoms with van der Waals surface area (Å²) in [7, 11) is 1.43. The fourth-order valence-corrected chi connectivity index (χ4v) is 4.72. The molecule has 3 unspecified atom stereocenters. The lowest BCUT2D eigenvalue weighted by molar-refractivity contribution is -0.145. The Morgan fingerprint density at radius 1 is 1.24 bits per heavy atom. The van der Waals surface area contributed by atoms with Crippen molar-refractivity contribution in [2.24, 2.45) is 5.92 Å². The van der Waals surface area contributed by atoms with Gasteiger partial charge in [-0.2, -0.15) is 0 Å². The SMILES string of the molecule is COC(=O)C1CC(O)C(N2CCC(c3c[nH]c4ccccc34)CC2)C1. The van der Waals surface area contributed by atoms with E-state index in [1.807, 2.05) is 0 Å². The van der Waals surface area contributed by atoms with Gasteiger partial charge >= 0.3 is 5.97 Å². The second-order valence-corrected chi connectivity index (χ2v) is 7.43. The van der Waals surface area contributed by atoms with Crippen LogP contribution in [0.15, 0.2) is 30.5 Å². The number of piperidine rings is 1. The summed E-state index contributed by atoms with van der Waals surface area (Å²) in [5, 5.41) is 11.7. The van der Waals surface area contributed by atoms with Gasteiger partial charge in [0.25, 0.3) is 0 Å². The van der Waals surface area contributed by atoms with Gasteiger partial charge in [-0.3, -0.25) is 9.69 Å². The number of benzene rings is 1. The van der Waals surface area contributed by atoms with Crippen LogP contribution in [-0.2, 0) is 9.53 Å². The zero-order valence-corrected chi connectivity index (χ0v) is 14.6. The first kappa shape index (κ1) is 16.6. The summed E-state index contributed by atoms with van der Waals surface area (Å²) >= 11 is 0. The number of methoxy groups -OCH3 is 1. The smallest absolute Gasteiger partial charge is 0.308 e. The number of aliphatic hydroxyl groups is 1. The van der Waals surface area contributed by atoms with Crippen LogP contribution < -0.4 is 0 Å². The second-order valence-electron chi connectivity index (χ2n) is 7.43. The van der Waals surface area contributed by atoms with Crippen molar-refractivity contribution in [2.75, 3.05) is 20.2 Å². The maximum absolute atomic E-state index is 11.8. The van der Waals surface area contributed by atoms with Gasteiger partial charge in [0.1, 0.15) is 0 Å². The number of ether oxygens (including phenoxy) is 1. The number of carbonyl (C=O) groups excluding carboxylic acids is 1. The van der Waals surface area contributed by atoms with Crippen molar-refractivity contribution in [3.63, 3.8) is 0 Å². The van der Waals surface area contributed by atoms with Gasteiger partial charge in [-0.15, -0.1) is 0 Å². The molecule has 2 aromatic rings. The van der Waals surface area contributed by atoms with E-state index in [4.69, 9.17) is 4.74 Å². The zero-order valence-electron chi connectivity index (χ0n) is 14.6. The van der Waals surface area contributed by atoms with Crippen LogP contribution in [0.25, 0.3) is 10.9 Å². The topological polar surface area (TPSA) is 65.6 Å². The third-order valence-electron chi connectivity index (χ3n) is 6.09. The lowest BCUT2D eigenvalue weighted by Crippen LogP contribution is -2.44. The maximum Gasteiger partial charge on any atom is 0.308 e. The molecule has 1 aliphatic heterocycles. The molecule has 1 aromatic carbocycles. The normalized spacial score (nSPS) is 28.5. The number of likely N-dealkylation sites (tertiary alicyclic amines) is 1. The van der Waals surface area contributed by atoms with Crippen molar-refractivity contribution in [3.8, 4) is 0 Å². The molecule has 1 aromatic heterocycles. The van der Waals surface area contributed by atoms with E-state index < -0.39 is 6.10 Å². The average Bonchev–Trinajstić information content (AvgIpc) is 3.25. The predicted octanol–water partition coefficient (Wildman–Crippen LogP) is 2.66. The van der Waals surface area contributed by atoms with E-state index in [0.29, 0.717) is 18.8 Å². The molecule has 4 rings (SSSR count). The van der Waals surface area contributed by atoms with Crippen LogP contribution in [0.4, 0.5) is 0 Å². The minimum atomic E-state index is -0.422. The van der Waals surface area contributed by atoms with Crippen LogP contribution >= 0.6 is 0 Å². The number of fused-ring (bicyclic) bond motifs is 1. The Labute approximate surface area is 148 Å². The Bertz CT molecular complexity index is 748. The molecule has 2 fully saturated rings. The Hall–Kier alpha value is -1.85. The molecule has 2 heterocycles. The van der Waals surface area contributed by atoms with Crippen molar-refractivity contribution in [1.82, 2.24) is 9.88 Å². The van der Waals surface area contributed by atoms with Crippen molar-refractivity contribution in [1.29, 1.82) is 0 Å². The van der Waals surface area contributed by atoms with Gasteiger partial charge in [-0.05, 0) is 56.3 Å². The number of aromatic nitrogens is 1. The first-order valence-electron chi connectivity index (χ1n) is 9.23. The first-order valence-corrected chi connectivity index (χ1v) is 9.23. The summed E-state index contributed by atoms with van der Waals surface area (Å²) in [6.45, 7) is 1.94. The Kier molecular flexibility index (Phi) is 4.52. The number of carbonyl (C=O) groups is 1. The molecule has 1 aliphatic carbocycles. The highest BCUT2D eigenvalue weighted by Gasteiger charge is 2.41. The molecule has 0 amide bonds. The summed E-state index contributed by atoms with van der Waals surface area (Å²) in [4.78, 5) is 17.5. The minimum Gasteiger partial charge on any atom is -0.469 e. The number of H-pyrrole nitrogens is 1. The largest absolute Gasteiger partial charge is 0.469 e. The van der Waals surface area contributed by atoms with Gasteiger partial charge in [0.15, 0.2) is 0 Å². The molecule has 0 radical (unpaired) electrons. The fraction of sp³-hybridized carbons (Fsp3) is 0.550. The summed E-state index contributed by atoms with van der Waals surface area (Å²) in [6, 6.07) is 8.56. The number of nitrogens with zero attached hydrogens (tertiary/aromatic N) is 1. The minimum absolute atomic E-state index is 0.0908. The highest BCUT2D eigenvalue weighted by Crippen LogP contribution is 2.37. The van der Waals surface area contributed by atoms with E-state index in [-0.39, 0.29) is 17.9 Å². The molecule has 0 bridgehead atoms. The highest BCUT2D eigenvalue weighted by molar-refractivity contribution is 5.83. The monoisotopic (exact) mass is 342 g/mol. The summed E-state index contributed by atoms with van der Waals surface area (Å²) in [6.07, 6.45) is 5.16. The van der Waals surface area contributed by atoms with E-state index in [1.54, 1.807) is 0 Å². The van der Waals surface area contributed by atoms with Gasteiger partial charge < -0.3 is 14.8 Å². The number of hydrogen-bond acceptors (Lipinski definition) is 4. The number of hydrogen-bond donors (Lipinski definition) is 2. The van der Waals surface area contributed by atoms with E-state index in [0.717, 1.165) is 25.9 Å². The van der Waals surface area contributed by atoms with Crippen molar-refractivity contribution >= 4 is 16.9 Å². The molecule has 25 heavy (non-hydrogen) atoms. The third kappa shape index (κ3) is 3.07. The van der Waals surface area contributed by atoms with Crippen LogP contribution in [-0.4, -0.2) is 53.3 Å². The molecule has 1 saturated carbocycles. The maximum atomic E-state index is 11.8. The van der Waals surface area contributed by atoms with Crippen LogP contribution in [0, 0.1) is 5.92 Å². The fourth-order valence-electron chi connectivity index (χ4n) is 4.72. The number of aromatic amines is 1. The number of aliphatic hydroxyl groups excluding tert-OH is 1. The Balaban J connectivity index is 1.41. The molecular weight excluding hydrogens is 316 g/mol. The molecule has 2 aliphatic rings. The predicted molar refractivity (Wildman–Crippen MR) is 96.4 cm³/mol. The van der Waals surface area contributed by atoms with Crippen LogP contribution in [0.2, 0.25) is 0 Å². The Morgan fingerprint density at radius 2 is 2.00 bits per heavy atom. The number of para-hydroxylation sites is 1. The van der Waals surface area contributed by atoms with Crippen molar-refractivity contribution in [2.45, 2.75) is 43.7 Å². The molecule has 2 N–H and O–H groups in total. The first-order chi connectivity index (χ1) is 12.2. The lowest BCUT2D eigenvalue weighted by Gasteiger charge is -2.37. The Morgan fingerprint density at radius 3 is 2.76 bits per heavy atom. The summed E-state index contributed by atoms with van der Waals surface area (Å²) < 4.78 is 4.85. The summed E-state index contributed by atoms with van der Waals surface area (Å²) in [5.41, 5.74) is 2.61. The average molecular weight is 342 g/mol. The van der Waals surface area contributed by atoms with E-state index in [9.17, 15) is 9.90 Å². The van der Waals surface area contributed by atoms with Gasteiger partial charge in [0.05, 0.1) is 19.1 Å². The number of nitrogens with one attached hydrogen (secondary N) is 1. The third-order valence-corrected chi connectivity index (χ3v) is 6.09. The zero-order chi connectivity index (χ0) is 17.4. The molecule has 0 spiro atoms. The van der Waals surface area contributed by atoms with E-state index in [2.05, 4.69) is 40.3 Å². The van der Waals surface area contributed by atoms with Gasteiger partial charge in [0, 0.05) is 23.1 Å². The number of esters is 1.